The van der Waals surface area contributed by atoms with Gasteiger partial charge in [-0.2, -0.15) is 26.7 Å². The molecule has 3 aromatic rings. The lowest BCUT2D eigenvalue weighted by Crippen LogP contribution is -2.32. The smallest absolute Gasteiger partial charge is 0.382 e. The monoisotopic (exact) mass is 681 g/mol. The van der Waals surface area contributed by atoms with Gasteiger partial charge in [0.1, 0.15) is 11.6 Å². The molecule has 0 bridgehead atoms. The summed E-state index contributed by atoms with van der Waals surface area (Å²) in [6.07, 6.45) is -6.21. The van der Waals surface area contributed by atoms with E-state index >= 15 is 0 Å². The third kappa shape index (κ3) is 8.18. The van der Waals surface area contributed by atoms with Crippen LogP contribution in [0.1, 0.15) is 30.5 Å². The summed E-state index contributed by atoms with van der Waals surface area (Å²) in [5.41, 5.74) is 1.78. The molecule has 8 nitrogen and oxygen atoms in total. The van der Waals surface area contributed by atoms with Crippen LogP contribution in [0.25, 0.3) is 0 Å². The third-order valence-corrected chi connectivity index (χ3v) is 9.85. The van der Waals surface area contributed by atoms with Crippen LogP contribution in [0.4, 0.5) is 23.2 Å². The topological polar surface area (TPSA) is 105 Å². The minimum absolute atomic E-state index is 0.188. The summed E-state index contributed by atoms with van der Waals surface area (Å²) < 4.78 is 109. The molecule has 1 heterocycles. The normalized spacial score (nSPS) is 17.7. The maximum absolute atomic E-state index is 13.8. The predicted octanol–water partition coefficient (Wildman–Crippen LogP) is 6.63. The molecule has 0 aliphatic carbocycles. The van der Waals surface area contributed by atoms with Crippen molar-refractivity contribution in [2.45, 2.75) is 37.4 Å². The Labute approximate surface area is 256 Å². The minimum atomic E-state index is -4.66. The molecule has 1 N–H and O–H groups in total. The van der Waals surface area contributed by atoms with Crippen molar-refractivity contribution in [3.05, 3.63) is 87.7 Å². The van der Waals surface area contributed by atoms with Gasteiger partial charge in [0.25, 0.3) is 0 Å². The zero-order valence-electron chi connectivity index (χ0n) is 22.6. The van der Waals surface area contributed by atoms with E-state index < -0.39 is 56.3 Å². The molecular formula is C27H25Cl2F4N3O5S2. The van der Waals surface area contributed by atoms with Crippen molar-refractivity contribution < 1.29 is 38.6 Å². The van der Waals surface area contributed by atoms with E-state index in [1.807, 2.05) is 0 Å². The Hall–Kier alpha value is -2.91. The first-order valence-electron chi connectivity index (χ1n) is 12.6. The van der Waals surface area contributed by atoms with E-state index in [1.54, 1.807) is 31.0 Å². The van der Waals surface area contributed by atoms with Crippen molar-refractivity contribution in [2.75, 3.05) is 17.3 Å². The van der Waals surface area contributed by atoms with Crippen LogP contribution in [0, 0.1) is 18.7 Å². The molecule has 0 aromatic heterocycles. The standard InChI is InChI=1S/C27H25Cl2F4N3O5S2/c1-16-3-7-20(30)14-25(16)43(39,40)34-15-23-17(2)26(36(35-23)24-10-6-19(28)13-22(24)29)18-4-8-21(9-5-18)41-42(37,38)12-11-27(31,32)33/h3-10,13-14,17,26,34H,11-12,15H2,1-2H3/t17-,26+/m1/s1. The van der Waals surface area contributed by atoms with Gasteiger partial charge in [-0.1, -0.05) is 48.3 Å². The van der Waals surface area contributed by atoms with Crippen LogP contribution in [0.15, 0.2) is 70.7 Å². The summed E-state index contributed by atoms with van der Waals surface area (Å²) in [6.45, 7) is 3.11. The van der Waals surface area contributed by atoms with E-state index in [0.29, 0.717) is 27.5 Å². The number of hydrogen-bond donors (Lipinski definition) is 1. The highest BCUT2D eigenvalue weighted by Crippen LogP contribution is 2.42. The molecule has 3 aromatic carbocycles. The molecule has 0 unspecified atom stereocenters. The SMILES string of the molecule is Cc1ccc(F)cc1S(=O)(=O)NCC1=NN(c2ccc(Cl)cc2Cl)[C@H](c2ccc(OS(=O)(=O)CCC(F)(F)F)cc2)[C@@H]1C. The van der Waals surface area contributed by atoms with Crippen molar-refractivity contribution in [3.63, 3.8) is 0 Å². The average Bonchev–Trinajstić information content (AvgIpc) is 3.23. The molecule has 1 aliphatic rings. The number of halogens is 6. The molecular weight excluding hydrogens is 657 g/mol. The lowest BCUT2D eigenvalue weighted by atomic mass is 9.91. The zero-order chi connectivity index (χ0) is 31.7. The quantitative estimate of drug-likeness (QED) is 0.190. The van der Waals surface area contributed by atoms with E-state index in [4.69, 9.17) is 27.4 Å². The molecule has 16 heteroatoms. The molecule has 0 spiro atoms. The summed E-state index contributed by atoms with van der Waals surface area (Å²) in [7, 11) is -8.62. The first-order valence-corrected chi connectivity index (χ1v) is 16.4. The van der Waals surface area contributed by atoms with Crippen LogP contribution in [0.2, 0.25) is 10.0 Å². The van der Waals surface area contributed by atoms with Crippen molar-refractivity contribution >= 4 is 54.7 Å². The number of nitrogens with zero attached hydrogens (tertiary/aromatic N) is 2. The highest BCUT2D eigenvalue weighted by atomic mass is 35.5. The molecule has 0 radical (unpaired) electrons. The average molecular weight is 683 g/mol. The van der Waals surface area contributed by atoms with E-state index in [0.717, 1.165) is 12.1 Å². The fourth-order valence-electron chi connectivity index (χ4n) is 4.44. The lowest BCUT2D eigenvalue weighted by molar-refractivity contribution is -0.130. The predicted molar refractivity (Wildman–Crippen MR) is 156 cm³/mol. The highest BCUT2D eigenvalue weighted by Gasteiger charge is 2.38. The van der Waals surface area contributed by atoms with Crippen molar-refractivity contribution in [1.82, 2.24) is 4.72 Å². The first-order chi connectivity index (χ1) is 20.0. The van der Waals surface area contributed by atoms with Gasteiger partial charge in [0, 0.05) is 10.9 Å². The van der Waals surface area contributed by atoms with E-state index in [2.05, 4.69) is 9.82 Å². The molecule has 1 aliphatic heterocycles. The number of anilines is 1. The van der Waals surface area contributed by atoms with E-state index in [-0.39, 0.29) is 22.2 Å². The Morgan fingerprint density at radius 3 is 2.30 bits per heavy atom. The van der Waals surface area contributed by atoms with Gasteiger partial charge in [0.15, 0.2) is 0 Å². The zero-order valence-corrected chi connectivity index (χ0v) is 25.7. The number of aryl methyl sites for hydroxylation is 1. The third-order valence-electron chi connectivity index (χ3n) is 6.62. The molecule has 43 heavy (non-hydrogen) atoms. The summed E-state index contributed by atoms with van der Waals surface area (Å²) in [4.78, 5) is -0.214. The van der Waals surface area contributed by atoms with Gasteiger partial charge in [0.05, 0.1) is 46.1 Å². The van der Waals surface area contributed by atoms with Crippen molar-refractivity contribution in [1.29, 1.82) is 0 Å². The fourth-order valence-corrected chi connectivity index (χ4v) is 7.16. The minimum Gasteiger partial charge on any atom is -0.382 e. The van der Waals surface area contributed by atoms with Crippen LogP contribution in [-0.2, 0) is 20.1 Å². The number of hydrazone groups is 1. The Morgan fingerprint density at radius 2 is 1.67 bits per heavy atom. The van der Waals surface area contributed by atoms with Gasteiger partial charge in [-0.3, -0.25) is 5.01 Å². The number of sulfonamides is 1. The summed E-state index contributed by atoms with van der Waals surface area (Å²) >= 11 is 12.5. The largest absolute Gasteiger partial charge is 0.390 e. The van der Waals surface area contributed by atoms with Crippen molar-refractivity contribution in [3.8, 4) is 5.75 Å². The first kappa shape index (κ1) is 33.0. The van der Waals surface area contributed by atoms with Crippen LogP contribution >= 0.6 is 23.2 Å². The number of hydrogen-bond acceptors (Lipinski definition) is 7. The van der Waals surface area contributed by atoms with E-state index in [1.165, 1.54) is 36.4 Å². The molecule has 0 saturated heterocycles. The molecule has 0 amide bonds. The van der Waals surface area contributed by atoms with Gasteiger partial charge in [0.2, 0.25) is 10.0 Å². The van der Waals surface area contributed by atoms with Crippen molar-refractivity contribution in [2.24, 2.45) is 11.0 Å². The molecule has 4 rings (SSSR count). The summed E-state index contributed by atoms with van der Waals surface area (Å²) in [6, 6.07) is 13.2. The highest BCUT2D eigenvalue weighted by molar-refractivity contribution is 7.89. The van der Waals surface area contributed by atoms with Crippen LogP contribution in [-0.4, -0.2) is 41.0 Å². The number of benzene rings is 3. The summed E-state index contributed by atoms with van der Waals surface area (Å²) in [5.74, 6) is -2.57. The number of rotatable bonds is 10. The van der Waals surface area contributed by atoms with Gasteiger partial charge < -0.3 is 4.18 Å². The van der Waals surface area contributed by atoms with Gasteiger partial charge >= 0.3 is 16.3 Å². The number of alkyl halides is 3. The second-order valence-electron chi connectivity index (χ2n) is 9.78. The Bertz CT molecular complexity index is 1750. The Morgan fingerprint density at radius 1 is 1.00 bits per heavy atom. The Balaban J connectivity index is 1.61. The summed E-state index contributed by atoms with van der Waals surface area (Å²) in [5, 5.41) is 6.83. The second-order valence-corrected chi connectivity index (χ2v) is 14.0. The molecule has 2 atom stereocenters. The second kappa shape index (κ2) is 12.6. The van der Waals surface area contributed by atoms with Gasteiger partial charge in [-0.25, -0.2) is 17.5 Å². The maximum Gasteiger partial charge on any atom is 0.390 e. The van der Waals surface area contributed by atoms with Crippen LogP contribution in [0.5, 0.6) is 5.75 Å². The van der Waals surface area contributed by atoms with Gasteiger partial charge in [-0.05, 0) is 60.5 Å². The lowest BCUT2D eigenvalue weighted by Gasteiger charge is -2.28. The molecule has 232 valence electrons. The van der Waals surface area contributed by atoms with Crippen LogP contribution < -0.4 is 13.9 Å². The Kier molecular flexibility index (Phi) is 9.67. The van der Waals surface area contributed by atoms with Gasteiger partial charge in [-0.15, -0.1) is 0 Å². The fraction of sp³-hybridized carbons (Fsp3) is 0.296. The molecule has 0 fully saturated rings. The maximum atomic E-state index is 13.8. The number of nitrogens with one attached hydrogen (secondary N) is 1. The molecule has 0 saturated carbocycles. The van der Waals surface area contributed by atoms with Crippen LogP contribution in [0.3, 0.4) is 0 Å². The van der Waals surface area contributed by atoms with E-state index in [9.17, 15) is 34.4 Å².